The highest BCUT2D eigenvalue weighted by molar-refractivity contribution is 5.89. The van der Waals surface area contributed by atoms with Gasteiger partial charge in [-0.15, -0.1) is 0 Å². The average molecular weight is 335 g/mol. The van der Waals surface area contributed by atoms with E-state index in [4.69, 9.17) is 0 Å². The summed E-state index contributed by atoms with van der Waals surface area (Å²) in [6.45, 7) is 1.83. The quantitative estimate of drug-likeness (QED) is 0.869. The number of hydrogen-bond donors (Lipinski definition) is 1. The molecule has 126 valence electrons. The smallest absolute Gasteiger partial charge is 0.381 e. The number of hydrogen-bond acceptors (Lipinski definition) is 2. The number of aliphatic hydroxyl groups excluding tert-OH is 1. The number of amides is 1. The molecule has 1 aliphatic heterocycles. The van der Waals surface area contributed by atoms with Gasteiger partial charge in [0.25, 0.3) is 5.91 Å². The molecule has 1 saturated heterocycles. The lowest BCUT2D eigenvalue weighted by atomic mass is 9.87. The van der Waals surface area contributed by atoms with Crippen LogP contribution in [0.2, 0.25) is 0 Å². The van der Waals surface area contributed by atoms with Crippen molar-refractivity contribution in [2.24, 2.45) is 0 Å². The second-order valence-electron chi connectivity index (χ2n) is 5.84. The van der Waals surface area contributed by atoms with Crippen molar-refractivity contribution in [2.75, 3.05) is 0 Å². The summed E-state index contributed by atoms with van der Waals surface area (Å²) in [7, 11) is 0. The molecule has 1 fully saturated rings. The Balaban J connectivity index is 1.87. The Morgan fingerprint density at radius 3 is 2.17 bits per heavy atom. The van der Waals surface area contributed by atoms with Gasteiger partial charge >= 0.3 is 6.18 Å². The highest BCUT2D eigenvalue weighted by Crippen LogP contribution is 2.42. The largest absolute Gasteiger partial charge is 0.416 e. The summed E-state index contributed by atoms with van der Waals surface area (Å²) in [6, 6.07) is 12.9. The molecule has 24 heavy (non-hydrogen) atoms. The SMILES string of the molecule is C[C@@H](c1ccccc1)N1C(=O)[C@H](O)[C@@H]1c1ccc(C(F)(F)F)cc1. The van der Waals surface area contributed by atoms with Crippen molar-refractivity contribution in [1.82, 2.24) is 4.90 Å². The van der Waals surface area contributed by atoms with Gasteiger partial charge in [0, 0.05) is 0 Å². The van der Waals surface area contributed by atoms with E-state index >= 15 is 0 Å². The normalized spacial score (nSPS) is 22.2. The number of benzene rings is 2. The number of likely N-dealkylation sites (tertiary alicyclic amines) is 1. The van der Waals surface area contributed by atoms with Crippen LogP contribution < -0.4 is 0 Å². The van der Waals surface area contributed by atoms with Crippen molar-refractivity contribution in [3.8, 4) is 0 Å². The zero-order valence-corrected chi connectivity index (χ0v) is 12.9. The third-order valence-corrected chi connectivity index (χ3v) is 4.39. The lowest BCUT2D eigenvalue weighted by Gasteiger charge is -2.48. The zero-order valence-electron chi connectivity index (χ0n) is 12.9. The zero-order chi connectivity index (χ0) is 17.5. The molecule has 6 heteroatoms. The monoisotopic (exact) mass is 335 g/mol. The standard InChI is InChI=1S/C18H16F3NO2/c1-11(12-5-3-2-4-6-12)22-15(16(23)17(22)24)13-7-9-14(10-8-13)18(19,20)21/h2-11,15-16,23H,1H3/t11-,15-,16+/m0/s1. The van der Waals surface area contributed by atoms with Gasteiger partial charge in [-0.05, 0) is 30.2 Å². The molecule has 3 rings (SSSR count). The van der Waals surface area contributed by atoms with Crippen LogP contribution in [0.1, 0.15) is 35.7 Å². The van der Waals surface area contributed by atoms with Gasteiger partial charge in [0.2, 0.25) is 0 Å². The van der Waals surface area contributed by atoms with Crippen LogP contribution in [0.4, 0.5) is 13.2 Å². The van der Waals surface area contributed by atoms with Crippen molar-refractivity contribution in [1.29, 1.82) is 0 Å². The van der Waals surface area contributed by atoms with Crippen molar-refractivity contribution in [3.05, 3.63) is 71.3 Å². The van der Waals surface area contributed by atoms with E-state index in [-0.39, 0.29) is 6.04 Å². The molecule has 0 aliphatic carbocycles. The van der Waals surface area contributed by atoms with E-state index in [9.17, 15) is 23.1 Å². The van der Waals surface area contributed by atoms with Gasteiger partial charge in [-0.1, -0.05) is 42.5 Å². The average Bonchev–Trinajstić information content (AvgIpc) is 2.58. The van der Waals surface area contributed by atoms with Gasteiger partial charge in [0.05, 0.1) is 17.6 Å². The molecule has 1 heterocycles. The lowest BCUT2D eigenvalue weighted by Crippen LogP contribution is -2.59. The molecule has 1 amide bonds. The maximum atomic E-state index is 12.7. The fourth-order valence-electron chi connectivity index (χ4n) is 3.03. The van der Waals surface area contributed by atoms with E-state index < -0.39 is 29.8 Å². The Morgan fingerprint density at radius 2 is 1.62 bits per heavy atom. The third kappa shape index (κ3) is 2.78. The predicted molar refractivity (Wildman–Crippen MR) is 81.9 cm³/mol. The number of alkyl halides is 3. The van der Waals surface area contributed by atoms with Crippen LogP contribution in [0.5, 0.6) is 0 Å². The van der Waals surface area contributed by atoms with Crippen molar-refractivity contribution in [2.45, 2.75) is 31.3 Å². The molecule has 1 aliphatic rings. The fourth-order valence-corrected chi connectivity index (χ4v) is 3.03. The first-order valence-corrected chi connectivity index (χ1v) is 7.53. The predicted octanol–water partition coefficient (Wildman–Crippen LogP) is 3.71. The van der Waals surface area contributed by atoms with E-state index in [1.807, 2.05) is 37.3 Å². The molecular weight excluding hydrogens is 319 g/mol. The van der Waals surface area contributed by atoms with Crippen LogP contribution in [0.15, 0.2) is 54.6 Å². The summed E-state index contributed by atoms with van der Waals surface area (Å²) < 4.78 is 38.0. The number of carbonyl (C=O) groups excluding carboxylic acids is 1. The molecular formula is C18H16F3NO2. The highest BCUT2D eigenvalue weighted by atomic mass is 19.4. The molecule has 0 aromatic heterocycles. The summed E-state index contributed by atoms with van der Waals surface area (Å²) >= 11 is 0. The van der Waals surface area contributed by atoms with Crippen LogP contribution >= 0.6 is 0 Å². The van der Waals surface area contributed by atoms with Crippen LogP contribution in [-0.2, 0) is 11.0 Å². The number of nitrogens with zero attached hydrogens (tertiary/aromatic N) is 1. The molecule has 3 nitrogen and oxygen atoms in total. The maximum Gasteiger partial charge on any atom is 0.416 e. The Morgan fingerprint density at radius 1 is 1.04 bits per heavy atom. The van der Waals surface area contributed by atoms with Gasteiger partial charge in [-0.3, -0.25) is 4.79 Å². The molecule has 2 aromatic carbocycles. The molecule has 0 bridgehead atoms. The van der Waals surface area contributed by atoms with Gasteiger partial charge in [0.15, 0.2) is 6.10 Å². The Kier molecular flexibility index (Phi) is 4.09. The van der Waals surface area contributed by atoms with Gasteiger partial charge in [0.1, 0.15) is 0 Å². The van der Waals surface area contributed by atoms with Crippen molar-refractivity contribution in [3.63, 3.8) is 0 Å². The number of carbonyl (C=O) groups is 1. The second kappa shape index (κ2) is 5.94. The van der Waals surface area contributed by atoms with Crippen molar-refractivity contribution >= 4 is 5.91 Å². The molecule has 0 saturated carbocycles. The highest BCUT2D eigenvalue weighted by Gasteiger charge is 2.49. The van der Waals surface area contributed by atoms with Crippen LogP contribution in [0, 0.1) is 0 Å². The van der Waals surface area contributed by atoms with Gasteiger partial charge in [-0.2, -0.15) is 13.2 Å². The number of aliphatic hydroxyl groups is 1. The molecule has 2 aromatic rings. The van der Waals surface area contributed by atoms with Gasteiger partial charge in [-0.25, -0.2) is 0 Å². The topological polar surface area (TPSA) is 40.5 Å². The van der Waals surface area contributed by atoms with Crippen molar-refractivity contribution < 1.29 is 23.1 Å². The Bertz CT molecular complexity index is 728. The summed E-state index contributed by atoms with van der Waals surface area (Å²) in [5.74, 6) is -0.420. The van der Waals surface area contributed by atoms with E-state index in [0.29, 0.717) is 5.56 Å². The number of halogens is 3. The minimum Gasteiger partial charge on any atom is -0.381 e. The van der Waals surface area contributed by atoms with Gasteiger partial charge < -0.3 is 10.0 Å². The molecule has 3 atom stereocenters. The first kappa shape index (κ1) is 16.5. The summed E-state index contributed by atoms with van der Waals surface area (Å²) in [5, 5.41) is 10.0. The van der Waals surface area contributed by atoms with E-state index in [0.717, 1.165) is 17.7 Å². The first-order chi connectivity index (χ1) is 11.3. The lowest BCUT2D eigenvalue weighted by molar-refractivity contribution is -0.172. The third-order valence-electron chi connectivity index (χ3n) is 4.39. The minimum absolute atomic E-state index is 0.283. The van der Waals surface area contributed by atoms with E-state index in [1.165, 1.54) is 17.0 Å². The minimum atomic E-state index is -4.41. The second-order valence-corrected chi connectivity index (χ2v) is 5.84. The summed E-state index contributed by atoms with van der Waals surface area (Å²) in [6.07, 6.45) is -5.64. The van der Waals surface area contributed by atoms with Crippen LogP contribution in [0.3, 0.4) is 0 Å². The maximum absolute atomic E-state index is 12.7. The summed E-state index contributed by atoms with van der Waals surface area (Å²) in [4.78, 5) is 13.6. The molecule has 0 spiro atoms. The Labute approximate surface area is 137 Å². The molecule has 0 radical (unpaired) electrons. The number of β-lactam (4-membered cyclic amide) rings is 1. The summed E-state index contributed by atoms with van der Waals surface area (Å²) in [5.41, 5.74) is 0.626. The Hall–Kier alpha value is -2.34. The van der Waals surface area contributed by atoms with Crippen LogP contribution in [0.25, 0.3) is 0 Å². The number of rotatable bonds is 3. The molecule has 1 N–H and O–H groups in total. The molecule has 0 unspecified atom stereocenters. The van der Waals surface area contributed by atoms with Crippen LogP contribution in [-0.4, -0.2) is 22.0 Å². The first-order valence-electron chi connectivity index (χ1n) is 7.53. The fraction of sp³-hybridized carbons (Fsp3) is 0.278. The van der Waals surface area contributed by atoms with E-state index in [2.05, 4.69) is 0 Å². The van der Waals surface area contributed by atoms with E-state index in [1.54, 1.807) is 0 Å².